The van der Waals surface area contributed by atoms with Gasteiger partial charge < -0.3 is 15.0 Å². The van der Waals surface area contributed by atoms with Crippen molar-refractivity contribution >= 4 is 17.7 Å². The first kappa shape index (κ1) is 24.4. The minimum atomic E-state index is -1.92. The highest BCUT2D eigenvalue weighted by molar-refractivity contribution is 6.12. The third-order valence-electron chi connectivity index (χ3n) is 6.27. The molecule has 9 nitrogen and oxygen atoms in total. The van der Waals surface area contributed by atoms with E-state index in [9.17, 15) is 14.4 Å². The summed E-state index contributed by atoms with van der Waals surface area (Å²) in [6.45, 7) is 4.04. The summed E-state index contributed by atoms with van der Waals surface area (Å²) in [6, 6.07) is 15.2. The maximum atomic E-state index is 13.0. The Morgan fingerprint density at radius 1 is 1.06 bits per heavy atom. The number of benzene rings is 2. The zero-order chi connectivity index (χ0) is 24.2. The van der Waals surface area contributed by atoms with E-state index < -0.39 is 23.3 Å². The van der Waals surface area contributed by atoms with Crippen molar-refractivity contribution in [2.75, 3.05) is 34.3 Å². The minimum Gasteiger partial charge on any atom is -0.379 e. The number of hydroxylamine groups is 1. The van der Waals surface area contributed by atoms with E-state index >= 15 is 0 Å². The number of hydrogen-bond acceptors (Lipinski definition) is 6. The lowest BCUT2D eigenvalue weighted by Crippen LogP contribution is -2.64. The summed E-state index contributed by atoms with van der Waals surface area (Å²) in [4.78, 5) is 40.8. The highest BCUT2D eigenvalue weighted by atomic mass is 16.5. The number of carbonyl (C=O) groups excluding carboxylic acids is 3. The number of ether oxygens (including phenoxy) is 1. The number of carbonyl (C=O) groups is 3. The van der Waals surface area contributed by atoms with E-state index in [1.54, 1.807) is 19.2 Å². The molecule has 1 heterocycles. The molecular weight excluding hydrogens is 424 g/mol. The van der Waals surface area contributed by atoms with E-state index in [-0.39, 0.29) is 0 Å². The van der Waals surface area contributed by atoms with Gasteiger partial charge in [0.05, 0.1) is 6.10 Å². The van der Waals surface area contributed by atoms with E-state index in [1.807, 2.05) is 24.3 Å². The summed E-state index contributed by atoms with van der Waals surface area (Å²) in [6.07, 6.45) is 0.330. The van der Waals surface area contributed by atoms with Crippen molar-refractivity contribution in [2.45, 2.75) is 25.1 Å². The van der Waals surface area contributed by atoms with Crippen LogP contribution in [0.5, 0.6) is 0 Å². The fourth-order valence-corrected chi connectivity index (χ4v) is 3.82. The molecule has 1 aliphatic heterocycles. The monoisotopic (exact) mass is 454 g/mol. The summed E-state index contributed by atoms with van der Waals surface area (Å²) in [7, 11) is 4.43. The quantitative estimate of drug-likeness (QED) is 0.315. The number of nitrogens with zero attached hydrogens (tertiary/aromatic N) is 2. The summed E-state index contributed by atoms with van der Waals surface area (Å²) in [5.41, 5.74) is 3.02. The Morgan fingerprint density at radius 3 is 2.09 bits per heavy atom. The molecule has 176 valence electrons. The third kappa shape index (κ3) is 4.90. The van der Waals surface area contributed by atoms with Crippen molar-refractivity contribution in [3.8, 4) is 11.1 Å². The maximum absolute atomic E-state index is 13.0. The number of likely N-dealkylation sites (N-methyl/N-ethyl adjacent to an activating group) is 2. The van der Waals surface area contributed by atoms with Crippen LogP contribution < -0.4 is 10.8 Å². The Labute approximate surface area is 193 Å². The van der Waals surface area contributed by atoms with Gasteiger partial charge >= 0.3 is 0 Å². The molecule has 0 spiro atoms. The lowest BCUT2D eigenvalue weighted by Gasteiger charge is -2.38. The largest absolute Gasteiger partial charge is 0.379 e. The van der Waals surface area contributed by atoms with Gasteiger partial charge in [-0.1, -0.05) is 36.4 Å². The van der Waals surface area contributed by atoms with Crippen LogP contribution in [-0.4, -0.2) is 78.7 Å². The van der Waals surface area contributed by atoms with Crippen LogP contribution in [0.2, 0.25) is 0 Å². The number of likely N-dealkylation sites (tertiary alicyclic amines) is 1. The van der Waals surface area contributed by atoms with Gasteiger partial charge in [-0.05, 0) is 35.7 Å². The molecule has 0 aliphatic carbocycles. The molecule has 0 radical (unpaired) electrons. The van der Waals surface area contributed by atoms with Crippen molar-refractivity contribution in [1.29, 1.82) is 0 Å². The first-order valence-electron chi connectivity index (χ1n) is 10.6. The molecule has 1 fully saturated rings. The summed E-state index contributed by atoms with van der Waals surface area (Å²) in [5.74, 6) is -2.27. The number of amides is 3. The second kappa shape index (κ2) is 10.1. The van der Waals surface area contributed by atoms with Crippen LogP contribution in [0, 0.1) is 0 Å². The standard InChI is InChI=1S/C24H30N4O5/c1-24(22(30)25-2,23(31)26-32)27(3)21(29)19-11-9-18(10-12-19)17-7-5-16(6-8-17)13-28-14-20(15-28)33-4/h5-12,20,32H,13-15H2,1-4H3,(H,25,30)(H,26,31)/t24-/m0/s1. The third-order valence-corrected chi connectivity index (χ3v) is 6.27. The lowest BCUT2D eigenvalue weighted by atomic mass is 9.96. The SMILES string of the molecule is CNC(=O)[C@@](C)(C(=O)NO)N(C)C(=O)c1ccc(-c2ccc(CN3CC(OC)C3)cc2)cc1. The second-order valence-electron chi connectivity index (χ2n) is 8.28. The predicted molar refractivity (Wildman–Crippen MR) is 122 cm³/mol. The van der Waals surface area contributed by atoms with Crippen molar-refractivity contribution in [3.63, 3.8) is 0 Å². The topological polar surface area (TPSA) is 111 Å². The summed E-state index contributed by atoms with van der Waals surface area (Å²) >= 11 is 0. The van der Waals surface area contributed by atoms with Crippen molar-refractivity contribution in [3.05, 3.63) is 59.7 Å². The molecule has 0 saturated carbocycles. The van der Waals surface area contributed by atoms with Gasteiger partial charge in [-0.3, -0.25) is 24.5 Å². The van der Waals surface area contributed by atoms with Crippen molar-refractivity contribution < 1.29 is 24.3 Å². The van der Waals surface area contributed by atoms with Crippen LogP contribution in [0.4, 0.5) is 0 Å². The van der Waals surface area contributed by atoms with E-state index in [0.29, 0.717) is 11.7 Å². The van der Waals surface area contributed by atoms with Gasteiger partial charge in [0, 0.05) is 46.4 Å². The summed E-state index contributed by atoms with van der Waals surface area (Å²) < 4.78 is 5.31. The first-order chi connectivity index (χ1) is 15.7. The molecule has 3 rings (SSSR count). The average molecular weight is 455 g/mol. The van der Waals surface area contributed by atoms with Crippen molar-refractivity contribution in [2.24, 2.45) is 0 Å². The van der Waals surface area contributed by atoms with Crippen LogP contribution in [0.25, 0.3) is 11.1 Å². The molecule has 1 aliphatic rings. The number of rotatable bonds is 8. The van der Waals surface area contributed by atoms with Crippen LogP contribution in [-0.2, 0) is 20.9 Å². The van der Waals surface area contributed by atoms with Crippen molar-refractivity contribution in [1.82, 2.24) is 20.6 Å². The molecule has 2 aromatic carbocycles. The zero-order valence-corrected chi connectivity index (χ0v) is 19.3. The Morgan fingerprint density at radius 2 is 1.61 bits per heavy atom. The van der Waals surface area contributed by atoms with E-state index in [0.717, 1.165) is 35.7 Å². The predicted octanol–water partition coefficient (Wildman–Crippen LogP) is 1.27. The number of hydrogen-bond donors (Lipinski definition) is 3. The van der Waals surface area contributed by atoms with Gasteiger partial charge in [0.15, 0.2) is 5.54 Å². The van der Waals surface area contributed by atoms with Gasteiger partial charge in [-0.2, -0.15) is 0 Å². The average Bonchev–Trinajstić information content (AvgIpc) is 2.83. The van der Waals surface area contributed by atoms with Gasteiger partial charge in [0.1, 0.15) is 0 Å². The molecule has 1 atom stereocenters. The fraction of sp³-hybridized carbons (Fsp3) is 0.375. The van der Waals surface area contributed by atoms with Gasteiger partial charge in [-0.15, -0.1) is 0 Å². The summed E-state index contributed by atoms with van der Waals surface area (Å²) in [5, 5.41) is 11.4. The Balaban J connectivity index is 1.71. The van der Waals surface area contributed by atoms with Gasteiger partial charge in [0.25, 0.3) is 17.7 Å². The molecule has 0 unspecified atom stereocenters. The molecule has 1 saturated heterocycles. The lowest BCUT2D eigenvalue weighted by molar-refractivity contribution is -0.148. The molecule has 9 heteroatoms. The van der Waals surface area contributed by atoms with Crippen LogP contribution >= 0.6 is 0 Å². The Hall–Kier alpha value is -3.27. The first-order valence-corrected chi connectivity index (χ1v) is 10.6. The van der Waals surface area contributed by atoms with Crippen LogP contribution in [0.1, 0.15) is 22.8 Å². The van der Waals surface area contributed by atoms with E-state index in [1.165, 1.54) is 32.1 Å². The van der Waals surface area contributed by atoms with Crippen LogP contribution in [0.15, 0.2) is 48.5 Å². The maximum Gasteiger partial charge on any atom is 0.278 e. The van der Waals surface area contributed by atoms with Gasteiger partial charge in [0.2, 0.25) is 0 Å². The molecule has 3 amide bonds. The van der Waals surface area contributed by atoms with Gasteiger partial charge in [-0.25, -0.2) is 5.48 Å². The molecular formula is C24H30N4O5. The second-order valence-corrected chi connectivity index (χ2v) is 8.28. The minimum absolute atomic E-state index is 0.309. The Kier molecular flexibility index (Phi) is 7.47. The van der Waals surface area contributed by atoms with E-state index in [2.05, 4.69) is 22.3 Å². The molecule has 33 heavy (non-hydrogen) atoms. The highest BCUT2D eigenvalue weighted by Crippen LogP contribution is 2.24. The zero-order valence-electron chi connectivity index (χ0n) is 19.3. The van der Waals surface area contributed by atoms with Crippen LogP contribution in [0.3, 0.4) is 0 Å². The normalized spacial score (nSPS) is 15.8. The molecule has 3 N–H and O–H groups in total. The van der Waals surface area contributed by atoms with E-state index in [4.69, 9.17) is 9.94 Å². The molecule has 0 bridgehead atoms. The fourth-order valence-electron chi connectivity index (χ4n) is 3.82. The molecule has 2 aromatic rings. The smallest absolute Gasteiger partial charge is 0.278 e. The Bertz CT molecular complexity index is 985. The molecule has 0 aromatic heterocycles. The number of nitrogens with one attached hydrogen (secondary N) is 2. The number of methoxy groups -OCH3 is 1. The highest BCUT2D eigenvalue weighted by Gasteiger charge is 2.47.